The lowest BCUT2D eigenvalue weighted by molar-refractivity contribution is -0.112. The number of aromatic hydroxyl groups is 1. The Kier molecular flexibility index (Phi) is 4.64. The summed E-state index contributed by atoms with van der Waals surface area (Å²) >= 11 is 1.34. The average molecular weight is 351 g/mol. The second-order valence-corrected chi connectivity index (χ2v) is 6.07. The topological polar surface area (TPSA) is 95.2 Å². The van der Waals surface area contributed by atoms with E-state index in [0.717, 1.165) is 10.2 Å². The molecule has 1 amide bonds. The van der Waals surface area contributed by atoms with Crippen molar-refractivity contribution in [2.45, 2.75) is 0 Å². The molecule has 25 heavy (non-hydrogen) atoms. The molecule has 0 fully saturated rings. The van der Waals surface area contributed by atoms with E-state index in [9.17, 15) is 15.2 Å². The van der Waals surface area contributed by atoms with Crippen molar-refractivity contribution in [3.8, 4) is 17.6 Å². The number of nitrogens with one attached hydrogen (secondary N) is 1. The summed E-state index contributed by atoms with van der Waals surface area (Å²) in [4.78, 5) is 16.6. The molecular formula is C18H13N3O3S. The van der Waals surface area contributed by atoms with Gasteiger partial charge in [-0.25, -0.2) is 4.98 Å². The summed E-state index contributed by atoms with van der Waals surface area (Å²) in [5.41, 5.74) is 1.27. The van der Waals surface area contributed by atoms with Gasteiger partial charge in [0.2, 0.25) is 0 Å². The van der Waals surface area contributed by atoms with E-state index in [1.54, 1.807) is 6.07 Å². The first-order valence-corrected chi connectivity index (χ1v) is 8.08. The number of phenols is 1. The maximum atomic E-state index is 12.3. The fourth-order valence-corrected chi connectivity index (χ4v) is 3.05. The largest absolute Gasteiger partial charge is 0.504 e. The third-order valence-electron chi connectivity index (χ3n) is 3.39. The van der Waals surface area contributed by atoms with Gasteiger partial charge in [0.15, 0.2) is 16.6 Å². The molecule has 0 spiro atoms. The molecule has 1 heterocycles. The SMILES string of the molecule is COc1cc(/C=C(\C#N)C(=O)Nc2nc3ccccc3s2)ccc1O. The van der Waals surface area contributed by atoms with E-state index in [4.69, 9.17) is 4.74 Å². The van der Waals surface area contributed by atoms with Gasteiger partial charge < -0.3 is 9.84 Å². The maximum Gasteiger partial charge on any atom is 0.268 e. The van der Waals surface area contributed by atoms with Gasteiger partial charge in [-0.3, -0.25) is 10.1 Å². The van der Waals surface area contributed by atoms with E-state index >= 15 is 0 Å². The Balaban J connectivity index is 1.84. The van der Waals surface area contributed by atoms with Crippen LogP contribution in [0.1, 0.15) is 5.56 Å². The number of benzene rings is 2. The Hall–Kier alpha value is -3.37. The summed E-state index contributed by atoms with van der Waals surface area (Å²) in [7, 11) is 1.42. The van der Waals surface area contributed by atoms with Crippen LogP contribution in [0.2, 0.25) is 0 Å². The number of anilines is 1. The van der Waals surface area contributed by atoms with E-state index < -0.39 is 5.91 Å². The third-order valence-corrected chi connectivity index (χ3v) is 4.35. The molecule has 0 aliphatic rings. The Labute approximate surface area is 147 Å². The second-order valence-electron chi connectivity index (χ2n) is 5.04. The quantitative estimate of drug-likeness (QED) is 0.553. The van der Waals surface area contributed by atoms with Gasteiger partial charge in [0.05, 0.1) is 17.3 Å². The number of fused-ring (bicyclic) bond motifs is 1. The van der Waals surface area contributed by atoms with Crippen molar-refractivity contribution >= 4 is 38.7 Å². The zero-order chi connectivity index (χ0) is 17.8. The van der Waals surface area contributed by atoms with E-state index in [2.05, 4.69) is 10.3 Å². The molecule has 0 unspecified atom stereocenters. The summed E-state index contributed by atoms with van der Waals surface area (Å²) in [6, 6.07) is 14.0. The molecule has 6 nitrogen and oxygen atoms in total. The number of methoxy groups -OCH3 is 1. The van der Waals surface area contributed by atoms with Crippen LogP contribution >= 0.6 is 11.3 Å². The molecule has 0 saturated carbocycles. The molecule has 2 aromatic carbocycles. The van der Waals surface area contributed by atoms with Crippen LogP contribution in [-0.2, 0) is 4.79 Å². The van der Waals surface area contributed by atoms with Crippen LogP contribution in [-0.4, -0.2) is 23.1 Å². The number of hydrogen-bond donors (Lipinski definition) is 2. The highest BCUT2D eigenvalue weighted by Gasteiger charge is 2.13. The minimum atomic E-state index is -0.548. The van der Waals surface area contributed by atoms with E-state index in [1.807, 2.05) is 30.3 Å². The Morgan fingerprint density at radius 1 is 1.36 bits per heavy atom. The number of aromatic nitrogens is 1. The van der Waals surface area contributed by atoms with Crippen molar-refractivity contribution in [2.75, 3.05) is 12.4 Å². The predicted molar refractivity (Wildman–Crippen MR) is 96.5 cm³/mol. The van der Waals surface area contributed by atoms with Crippen LogP contribution in [0.3, 0.4) is 0 Å². The molecule has 3 rings (SSSR count). The van der Waals surface area contributed by atoms with Crippen molar-refractivity contribution in [3.63, 3.8) is 0 Å². The molecule has 3 aromatic rings. The van der Waals surface area contributed by atoms with Crippen LogP contribution in [0.15, 0.2) is 48.0 Å². The lowest BCUT2D eigenvalue weighted by atomic mass is 10.1. The molecular weight excluding hydrogens is 338 g/mol. The molecule has 7 heteroatoms. The van der Waals surface area contributed by atoms with Crippen molar-refractivity contribution in [1.82, 2.24) is 4.98 Å². The van der Waals surface area contributed by atoms with E-state index in [0.29, 0.717) is 10.7 Å². The van der Waals surface area contributed by atoms with E-state index in [-0.39, 0.29) is 17.1 Å². The zero-order valence-electron chi connectivity index (χ0n) is 13.2. The predicted octanol–water partition coefficient (Wildman–Crippen LogP) is 3.56. The second kappa shape index (κ2) is 7.03. The van der Waals surface area contributed by atoms with Gasteiger partial charge >= 0.3 is 0 Å². The van der Waals surface area contributed by atoms with Crippen LogP contribution in [0, 0.1) is 11.3 Å². The van der Waals surface area contributed by atoms with Gasteiger partial charge in [0.1, 0.15) is 11.6 Å². The van der Waals surface area contributed by atoms with Crippen molar-refractivity contribution in [1.29, 1.82) is 5.26 Å². The Bertz CT molecular complexity index is 985. The smallest absolute Gasteiger partial charge is 0.268 e. The summed E-state index contributed by atoms with van der Waals surface area (Å²) < 4.78 is 5.97. The summed E-state index contributed by atoms with van der Waals surface area (Å²) in [5.74, 6) is -0.302. The summed E-state index contributed by atoms with van der Waals surface area (Å²) in [5, 5.41) is 21.9. The first kappa shape index (κ1) is 16.5. The van der Waals surface area contributed by atoms with Gasteiger partial charge in [0.25, 0.3) is 5.91 Å². The van der Waals surface area contributed by atoms with E-state index in [1.165, 1.54) is 36.7 Å². The number of carbonyl (C=O) groups is 1. The lowest BCUT2D eigenvalue weighted by Crippen LogP contribution is -2.13. The number of amides is 1. The van der Waals surface area contributed by atoms with Crippen molar-refractivity contribution in [2.24, 2.45) is 0 Å². The lowest BCUT2D eigenvalue weighted by Gasteiger charge is -2.04. The van der Waals surface area contributed by atoms with Gasteiger partial charge in [-0.15, -0.1) is 0 Å². The number of nitrogens with zero attached hydrogens (tertiary/aromatic N) is 2. The average Bonchev–Trinajstić information content (AvgIpc) is 3.03. The molecule has 0 aliphatic carbocycles. The van der Waals surface area contributed by atoms with Gasteiger partial charge in [-0.2, -0.15) is 5.26 Å². The van der Waals surface area contributed by atoms with Crippen LogP contribution in [0.25, 0.3) is 16.3 Å². The number of ether oxygens (including phenoxy) is 1. The normalized spacial score (nSPS) is 11.1. The van der Waals surface area contributed by atoms with Crippen molar-refractivity contribution in [3.05, 3.63) is 53.6 Å². The number of thiazole rings is 1. The molecule has 0 atom stereocenters. The molecule has 1 aromatic heterocycles. The Morgan fingerprint density at radius 3 is 2.88 bits per heavy atom. The molecule has 0 aliphatic heterocycles. The van der Waals surface area contributed by atoms with Gasteiger partial charge in [-0.1, -0.05) is 29.5 Å². The molecule has 124 valence electrons. The zero-order valence-corrected chi connectivity index (χ0v) is 14.0. The fraction of sp³-hybridized carbons (Fsp3) is 0.0556. The van der Waals surface area contributed by atoms with Gasteiger partial charge in [0, 0.05) is 0 Å². The fourth-order valence-electron chi connectivity index (χ4n) is 2.19. The first-order chi connectivity index (χ1) is 12.1. The summed E-state index contributed by atoms with van der Waals surface area (Å²) in [6.45, 7) is 0. The number of para-hydroxylation sites is 1. The molecule has 0 bridgehead atoms. The third kappa shape index (κ3) is 3.59. The highest BCUT2D eigenvalue weighted by molar-refractivity contribution is 7.22. The van der Waals surface area contributed by atoms with Crippen LogP contribution < -0.4 is 10.1 Å². The minimum Gasteiger partial charge on any atom is -0.504 e. The highest BCUT2D eigenvalue weighted by atomic mass is 32.1. The minimum absolute atomic E-state index is 0.0166. The summed E-state index contributed by atoms with van der Waals surface area (Å²) in [6.07, 6.45) is 1.42. The number of rotatable bonds is 4. The van der Waals surface area contributed by atoms with Crippen molar-refractivity contribution < 1.29 is 14.6 Å². The maximum absolute atomic E-state index is 12.3. The number of phenolic OH excluding ortho intramolecular Hbond substituents is 1. The molecule has 0 saturated heterocycles. The Morgan fingerprint density at radius 2 is 2.16 bits per heavy atom. The monoisotopic (exact) mass is 351 g/mol. The first-order valence-electron chi connectivity index (χ1n) is 7.26. The number of carbonyl (C=O) groups excluding carboxylic acids is 1. The van der Waals surface area contributed by atoms with Crippen LogP contribution in [0.5, 0.6) is 11.5 Å². The highest BCUT2D eigenvalue weighted by Crippen LogP contribution is 2.28. The number of hydrogen-bond acceptors (Lipinski definition) is 6. The standard InChI is InChI=1S/C18H13N3O3S/c1-24-15-9-11(6-7-14(15)22)8-12(10-19)17(23)21-18-20-13-4-2-3-5-16(13)25-18/h2-9,22H,1H3,(H,20,21,23)/b12-8+. The van der Waals surface area contributed by atoms with Crippen LogP contribution in [0.4, 0.5) is 5.13 Å². The molecule has 2 N–H and O–H groups in total. The van der Waals surface area contributed by atoms with Gasteiger partial charge in [-0.05, 0) is 35.9 Å². The number of nitriles is 1. The molecule has 0 radical (unpaired) electrons.